The van der Waals surface area contributed by atoms with E-state index in [4.69, 9.17) is 4.74 Å². The lowest BCUT2D eigenvalue weighted by Gasteiger charge is -2.18. The van der Waals surface area contributed by atoms with Crippen molar-refractivity contribution in [2.75, 3.05) is 24.7 Å². The Kier molecular flexibility index (Phi) is 7.25. The second-order valence-electron chi connectivity index (χ2n) is 7.69. The Hall–Kier alpha value is -2.80. The largest absolute Gasteiger partial charge is 0.497 e. The number of pyridine rings is 1. The quantitative estimate of drug-likeness (QED) is 0.494. The van der Waals surface area contributed by atoms with Crippen LogP contribution in [0.25, 0.3) is 0 Å². The fourth-order valence-corrected chi connectivity index (χ4v) is 4.71. The van der Waals surface area contributed by atoms with Gasteiger partial charge in [-0.3, -0.25) is 14.8 Å². The van der Waals surface area contributed by atoms with Gasteiger partial charge in [0.15, 0.2) is 0 Å². The van der Waals surface area contributed by atoms with E-state index < -0.39 is 0 Å². The molecule has 1 aliphatic carbocycles. The first kappa shape index (κ1) is 21.4. The monoisotopic (exact) mass is 436 g/mol. The van der Waals surface area contributed by atoms with Gasteiger partial charge >= 0.3 is 0 Å². The highest BCUT2D eigenvalue weighted by atomic mass is 32.2. The van der Waals surface area contributed by atoms with Gasteiger partial charge in [-0.2, -0.15) is 11.8 Å². The molecular formula is C24H28N4O2S. The second-order valence-corrected chi connectivity index (χ2v) is 8.80. The summed E-state index contributed by atoms with van der Waals surface area (Å²) in [5.41, 5.74) is 5.75. The standard InChI is InChI=1S/C24H28N4O2S/c1-30-20-8-6-17(7-9-20)14-19-15-27-24(28-23(19)29)26-12-13-31-16-22-21-5-3-2-4-18(21)10-11-25-22/h6-11,15H,2-5,12-14,16H2,1H3,(H2,26,27,28,29). The third-order valence-corrected chi connectivity index (χ3v) is 6.54. The predicted molar refractivity (Wildman–Crippen MR) is 126 cm³/mol. The third-order valence-electron chi connectivity index (χ3n) is 5.57. The Morgan fingerprint density at radius 3 is 2.77 bits per heavy atom. The van der Waals surface area contributed by atoms with Crippen LogP contribution in [-0.4, -0.2) is 34.4 Å². The maximum atomic E-state index is 12.4. The molecule has 1 aliphatic rings. The Morgan fingerprint density at radius 1 is 1.13 bits per heavy atom. The number of fused-ring (bicyclic) bond motifs is 1. The first-order chi connectivity index (χ1) is 15.2. The van der Waals surface area contributed by atoms with Crippen molar-refractivity contribution in [2.45, 2.75) is 37.9 Å². The van der Waals surface area contributed by atoms with Crippen molar-refractivity contribution in [3.05, 3.63) is 81.0 Å². The molecule has 0 bridgehead atoms. The summed E-state index contributed by atoms with van der Waals surface area (Å²) >= 11 is 1.86. The minimum Gasteiger partial charge on any atom is -0.497 e. The van der Waals surface area contributed by atoms with Crippen molar-refractivity contribution in [1.82, 2.24) is 15.0 Å². The molecule has 0 aliphatic heterocycles. The van der Waals surface area contributed by atoms with Gasteiger partial charge in [-0.05, 0) is 60.6 Å². The molecule has 2 heterocycles. The maximum absolute atomic E-state index is 12.4. The summed E-state index contributed by atoms with van der Waals surface area (Å²) in [7, 11) is 1.64. The summed E-state index contributed by atoms with van der Waals surface area (Å²) in [6.07, 6.45) is 9.04. The topological polar surface area (TPSA) is 79.9 Å². The van der Waals surface area contributed by atoms with Gasteiger partial charge in [0.1, 0.15) is 5.75 Å². The molecule has 0 spiro atoms. The number of aromatic amines is 1. The highest BCUT2D eigenvalue weighted by molar-refractivity contribution is 7.98. The number of benzene rings is 1. The lowest BCUT2D eigenvalue weighted by Crippen LogP contribution is -2.18. The smallest absolute Gasteiger partial charge is 0.255 e. The van der Waals surface area contributed by atoms with Gasteiger partial charge in [0, 0.05) is 42.4 Å². The fourth-order valence-electron chi connectivity index (χ4n) is 3.87. The van der Waals surface area contributed by atoms with Gasteiger partial charge in [0.25, 0.3) is 5.56 Å². The van der Waals surface area contributed by atoms with E-state index in [2.05, 4.69) is 26.3 Å². The number of aryl methyl sites for hydroxylation is 1. The molecule has 2 N–H and O–H groups in total. The molecule has 0 atom stereocenters. The summed E-state index contributed by atoms with van der Waals surface area (Å²) < 4.78 is 5.17. The van der Waals surface area contributed by atoms with Gasteiger partial charge in [0.2, 0.25) is 5.95 Å². The van der Waals surface area contributed by atoms with Gasteiger partial charge in [-0.25, -0.2) is 4.98 Å². The summed E-state index contributed by atoms with van der Waals surface area (Å²) in [5.74, 6) is 3.16. The molecule has 6 nitrogen and oxygen atoms in total. The van der Waals surface area contributed by atoms with E-state index in [-0.39, 0.29) is 5.56 Å². The van der Waals surface area contributed by atoms with Crippen molar-refractivity contribution in [2.24, 2.45) is 0 Å². The first-order valence-electron chi connectivity index (χ1n) is 10.7. The van der Waals surface area contributed by atoms with Crippen molar-refractivity contribution in [3.8, 4) is 5.75 Å². The molecule has 3 aromatic rings. The summed E-state index contributed by atoms with van der Waals surface area (Å²) in [6.45, 7) is 0.737. The van der Waals surface area contributed by atoms with Crippen LogP contribution in [0.1, 0.15) is 40.8 Å². The molecule has 0 radical (unpaired) electrons. The fraction of sp³-hybridized carbons (Fsp3) is 0.375. The lowest BCUT2D eigenvalue weighted by atomic mass is 9.91. The Bertz CT molecular complexity index is 1070. The highest BCUT2D eigenvalue weighted by Crippen LogP contribution is 2.25. The normalized spacial score (nSPS) is 12.9. The van der Waals surface area contributed by atoms with E-state index in [1.54, 1.807) is 13.3 Å². The number of nitrogens with one attached hydrogen (secondary N) is 2. The molecule has 0 saturated heterocycles. The van der Waals surface area contributed by atoms with Crippen LogP contribution in [0.15, 0.2) is 47.5 Å². The van der Waals surface area contributed by atoms with Gasteiger partial charge < -0.3 is 10.1 Å². The molecule has 31 heavy (non-hydrogen) atoms. The van der Waals surface area contributed by atoms with E-state index in [1.807, 2.05) is 42.2 Å². The lowest BCUT2D eigenvalue weighted by molar-refractivity contribution is 0.414. The molecule has 1 aromatic carbocycles. The van der Waals surface area contributed by atoms with Crippen LogP contribution < -0.4 is 15.6 Å². The molecular weight excluding hydrogens is 408 g/mol. The zero-order valence-corrected chi connectivity index (χ0v) is 18.6. The number of aromatic nitrogens is 3. The molecule has 7 heteroatoms. The summed E-state index contributed by atoms with van der Waals surface area (Å²) in [6, 6.07) is 9.88. The second kappa shape index (κ2) is 10.5. The highest BCUT2D eigenvalue weighted by Gasteiger charge is 2.13. The Balaban J connectivity index is 1.25. The van der Waals surface area contributed by atoms with Crippen LogP contribution in [0.5, 0.6) is 5.75 Å². The molecule has 0 unspecified atom stereocenters. The number of hydrogen-bond donors (Lipinski definition) is 2. The van der Waals surface area contributed by atoms with Crippen molar-refractivity contribution in [3.63, 3.8) is 0 Å². The average Bonchev–Trinajstić information content (AvgIpc) is 2.81. The molecule has 4 rings (SSSR count). The molecule has 162 valence electrons. The number of anilines is 1. The van der Waals surface area contributed by atoms with E-state index in [0.717, 1.165) is 35.8 Å². The number of ether oxygens (including phenoxy) is 1. The molecule has 0 fully saturated rings. The zero-order valence-electron chi connectivity index (χ0n) is 17.8. The summed E-state index contributed by atoms with van der Waals surface area (Å²) in [4.78, 5) is 24.2. The number of rotatable bonds is 9. The SMILES string of the molecule is COc1ccc(Cc2cnc(NCCSCc3nccc4c3CCCC4)[nH]c2=O)cc1. The molecule has 0 amide bonds. The van der Waals surface area contributed by atoms with Gasteiger partial charge in [0.05, 0.1) is 12.8 Å². The van der Waals surface area contributed by atoms with Crippen LogP contribution >= 0.6 is 11.8 Å². The number of thioether (sulfide) groups is 1. The van der Waals surface area contributed by atoms with Crippen LogP contribution in [0, 0.1) is 0 Å². The molecule has 2 aromatic heterocycles. The van der Waals surface area contributed by atoms with Crippen LogP contribution in [-0.2, 0) is 25.0 Å². The van der Waals surface area contributed by atoms with E-state index >= 15 is 0 Å². The van der Waals surface area contributed by atoms with Crippen molar-refractivity contribution < 1.29 is 4.74 Å². The van der Waals surface area contributed by atoms with Gasteiger partial charge in [-0.1, -0.05) is 12.1 Å². The number of hydrogen-bond acceptors (Lipinski definition) is 6. The maximum Gasteiger partial charge on any atom is 0.255 e. The average molecular weight is 437 g/mol. The van der Waals surface area contributed by atoms with Crippen molar-refractivity contribution >= 4 is 17.7 Å². The Labute approximate surface area is 186 Å². The van der Waals surface area contributed by atoms with Crippen LogP contribution in [0.4, 0.5) is 5.95 Å². The summed E-state index contributed by atoms with van der Waals surface area (Å²) in [5, 5.41) is 3.22. The first-order valence-corrected chi connectivity index (χ1v) is 11.9. The molecule has 0 saturated carbocycles. The van der Waals surface area contributed by atoms with Crippen molar-refractivity contribution in [1.29, 1.82) is 0 Å². The third kappa shape index (κ3) is 5.67. The van der Waals surface area contributed by atoms with E-state index in [0.29, 0.717) is 17.9 Å². The number of methoxy groups -OCH3 is 1. The van der Waals surface area contributed by atoms with E-state index in [9.17, 15) is 4.79 Å². The van der Waals surface area contributed by atoms with E-state index in [1.165, 1.54) is 36.1 Å². The van der Waals surface area contributed by atoms with Crippen LogP contribution in [0.2, 0.25) is 0 Å². The van der Waals surface area contributed by atoms with Gasteiger partial charge in [-0.15, -0.1) is 0 Å². The number of H-pyrrole nitrogens is 1. The Morgan fingerprint density at radius 2 is 1.97 bits per heavy atom. The minimum absolute atomic E-state index is 0.110. The zero-order chi connectivity index (χ0) is 21.5. The number of nitrogens with zero attached hydrogens (tertiary/aromatic N) is 2. The van der Waals surface area contributed by atoms with Crippen LogP contribution in [0.3, 0.4) is 0 Å². The predicted octanol–water partition coefficient (Wildman–Crippen LogP) is 3.99. The minimum atomic E-state index is -0.110.